The maximum Gasteiger partial charge on any atom is 0.230 e. The zero-order valence-corrected chi connectivity index (χ0v) is 15.8. The second-order valence-electron chi connectivity index (χ2n) is 6.82. The molecule has 0 saturated carbocycles. The van der Waals surface area contributed by atoms with Gasteiger partial charge in [0.15, 0.2) is 0 Å². The highest BCUT2D eigenvalue weighted by Gasteiger charge is 2.22. The smallest absolute Gasteiger partial charge is 0.230 e. The van der Waals surface area contributed by atoms with Gasteiger partial charge >= 0.3 is 0 Å². The maximum atomic E-state index is 9.09. The van der Waals surface area contributed by atoms with Crippen molar-refractivity contribution in [2.24, 2.45) is 5.92 Å². The van der Waals surface area contributed by atoms with E-state index in [0.29, 0.717) is 24.2 Å². The molecule has 0 spiro atoms. The molecule has 6 heteroatoms. The van der Waals surface area contributed by atoms with Gasteiger partial charge in [0.1, 0.15) is 17.3 Å². The molecule has 1 aromatic carbocycles. The Morgan fingerprint density at radius 1 is 1.23 bits per heavy atom. The summed E-state index contributed by atoms with van der Waals surface area (Å²) in [5.74, 6) is 3.49. The van der Waals surface area contributed by atoms with Gasteiger partial charge in [0, 0.05) is 13.2 Å². The fourth-order valence-electron chi connectivity index (χ4n) is 3.50. The molecular weight excluding hydrogens is 332 g/mol. The Morgan fingerprint density at radius 3 is 2.65 bits per heavy atom. The van der Waals surface area contributed by atoms with Crippen molar-refractivity contribution < 1.29 is 19.0 Å². The van der Waals surface area contributed by atoms with E-state index in [1.807, 2.05) is 25.1 Å². The number of aliphatic hydroxyl groups excluding tert-OH is 1. The largest absolute Gasteiger partial charge is 0.497 e. The number of methoxy groups -OCH3 is 2. The highest BCUT2D eigenvalue weighted by atomic mass is 16.5. The molecule has 2 heterocycles. The minimum absolute atomic E-state index is 0.290. The van der Waals surface area contributed by atoms with Crippen LogP contribution in [0.1, 0.15) is 30.7 Å². The monoisotopic (exact) mass is 360 g/mol. The number of ether oxygens (including phenoxy) is 2. The molecule has 6 nitrogen and oxygen atoms in total. The Bertz CT molecular complexity index is 721. The van der Waals surface area contributed by atoms with Crippen LogP contribution in [0.4, 0.5) is 0 Å². The first-order chi connectivity index (χ1) is 12.6. The zero-order chi connectivity index (χ0) is 18.5. The Balaban J connectivity index is 1.74. The summed E-state index contributed by atoms with van der Waals surface area (Å²) in [4.78, 5) is 7.14. The van der Waals surface area contributed by atoms with Gasteiger partial charge in [-0.1, -0.05) is 0 Å². The first kappa shape index (κ1) is 18.7. The van der Waals surface area contributed by atoms with Crippen LogP contribution in [-0.2, 0) is 6.54 Å². The van der Waals surface area contributed by atoms with Crippen molar-refractivity contribution in [3.8, 4) is 23.0 Å². The predicted octanol–water partition coefficient (Wildman–Crippen LogP) is 3.26. The van der Waals surface area contributed by atoms with E-state index >= 15 is 0 Å². The first-order valence-electron chi connectivity index (χ1n) is 9.16. The second-order valence-corrected chi connectivity index (χ2v) is 6.82. The van der Waals surface area contributed by atoms with E-state index in [0.717, 1.165) is 61.7 Å². The molecule has 1 saturated heterocycles. The summed E-state index contributed by atoms with van der Waals surface area (Å²) in [6.45, 7) is 5.10. The normalized spacial score (nSPS) is 16.0. The van der Waals surface area contributed by atoms with Gasteiger partial charge in [0.05, 0.1) is 25.5 Å². The molecule has 1 aliphatic heterocycles. The fourth-order valence-corrected chi connectivity index (χ4v) is 3.50. The number of piperidine rings is 1. The SMILES string of the molecule is COc1ccc(OC)c(-c2nc(CN3CCC(CCO)CC3)c(C)o2)c1. The van der Waals surface area contributed by atoms with Crippen molar-refractivity contribution in [1.82, 2.24) is 9.88 Å². The summed E-state index contributed by atoms with van der Waals surface area (Å²) in [5.41, 5.74) is 1.76. The number of nitrogens with zero attached hydrogens (tertiary/aromatic N) is 2. The van der Waals surface area contributed by atoms with Crippen LogP contribution in [0.25, 0.3) is 11.5 Å². The van der Waals surface area contributed by atoms with Crippen LogP contribution in [-0.4, -0.2) is 48.9 Å². The van der Waals surface area contributed by atoms with Crippen LogP contribution < -0.4 is 9.47 Å². The second kappa shape index (κ2) is 8.56. The molecule has 2 aromatic rings. The van der Waals surface area contributed by atoms with Gasteiger partial charge in [-0.05, 0) is 63.4 Å². The Labute approximate surface area is 154 Å². The van der Waals surface area contributed by atoms with E-state index < -0.39 is 0 Å². The molecule has 26 heavy (non-hydrogen) atoms. The van der Waals surface area contributed by atoms with E-state index in [4.69, 9.17) is 24.0 Å². The van der Waals surface area contributed by atoms with E-state index in [1.54, 1.807) is 14.2 Å². The van der Waals surface area contributed by atoms with Crippen molar-refractivity contribution in [3.63, 3.8) is 0 Å². The van der Waals surface area contributed by atoms with Crippen molar-refractivity contribution in [3.05, 3.63) is 29.7 Å². The number of aliphatic hydroxyl groups is 1. The third-order valence-electron chi connectivity index (χ3n) is 5.15. The van der Waals surface area contributed by atoms with Crippen molar-refractivity contribution >= 4 is 0 Å². The van der Waals surface area contributed by atoms with E-state index in [-0.39, 0.29) is 0 Å². The number of rotatable bonds is 7. The molecule has 0 atom stereocenters. The minimum atomic E-state index is 0.290. The summed E-state index contributed by atoms with van der Waals surface area (Å²) in [6, 6.07) is 5.60. The number of hydrogen-bond acceptors (Lipinski definition) is 6. The quantitative estimate of drug-likeness (QED) is 0.817. The number of aromatic nitrogens is 1. The number of benzene rings is 1. The van der Waals surface area contributed by atoms with Gasteiger partial charge in [-0.15, -0.1) is 0 Å². The van der Waals surface area contributed by atoms with Crippen LogP contribution in [0.3, 0.4) is 0 Å². The highest BCUT2D eigenvalue weighted by molar-refractivity contribution is 5.65. The van der Waals surface area contributed by atoms with Crippen LogP contribution in [0, 0.1) is 12.8 Å². The van der Waals surface area contributed by atoms with Crippen molar-refractivity contribution in [2.45, 2.75) is 32.7 Å². The predicted molar refractivity (Wildman–Crippen MR) is 99.5 cm³/mol. The number of oxazole rings is 1. The molecule has 1 aromatic heterocycles. The van der Waals surface area contributed by atoms with Crippen LogP contribution in [0.2, 0.25) is 0 Å². The van der Waals surface area contributed by atoms with Crippen LogP contribution in [0.15, 0.2) is 22.6 Å². The van der Waals surface area contributed by atoms with E-state index in [2.05, 4.69) is 4.90 Å². The van der Waals surface area contributed by atoms with Crippen LogP contribution in [0.5, 0.6) is 11.5 Å². The standard InChI is InChI=1S/C20H28N2O4/c1-14-18(13-22-9-6-15(7-10-22)8-11-23)21-20(26-14)17-12-16(24-2)4-5-19(17)25-3/h4-5,12,15,23H,6-11,13H2,1-3H3. The lowest BCUT2D eigenvalue weighted by atomic mass is 9.94. The molecular formula is C20H28N2O4. The molecule has 3 rings (SSSR count). The summed E-state index contributed by atoms with van der Waals surface area (Å²) in [5, 5.41) is 9.09. The third-order valence-corrected chi connectivity index (χ3v) is 5.15. The average molecular weight is 360 g/mol. The summed E-state index contributed by atoms with van der Waals surface area (Å²) in [6.07, 6.45) is 3.18. The molecule has 0 radical (unpaired) electrons. The molecule has 142 valence electrons. The number of likely N-dealkylation sites (tertiary alicyclic amines) is 1. The maximum absolute atomic E-state index is 9.09. The average Bonchev–Trinajstić information content (AvgIpc) is 3.03. The van der Waals surface area contributed by atoms with Gasteiger partial charge in [-0.3, -0.25) is 4.90 Å². The molecule has 1 fully saturated rings. The molecule has 1 aliphatic rings. The summed E-state index contributed by atoms with van der Waals surface area (Å²) in [7, 11) is 3.27. The third kappa shape index (κ3) is 4.19. The number of hydrogen-bond donors (Lipinski definition) is 1. The Hall–Kier alpha value is -2.05. The van der Waals surface area contributed by atoms with E-state index in [9.17, 15) is 0 Å². The minimum Gasteiger partial charge on any atom is -0.497 e. The first-order valence-corrected chi connectivity index (χ1v) is 9.16. The lowest BCUT2D eigenvalue weighted by Crippen LogP contribution is -2.33. The van der Waals surface area contributed by atoms with E-state index in [1.165, 1.54) is 0 Å². The lowest BCUT2D eigenvalue weighted by Gasteiger charge is -2.31. The lowest BCUT2D eigenvalue weighted by molar-refractivity contribution is 0.152. The molecule has 0 aliphatic carbocycles. The number of aryl methyl sites for hydroxylation is 1. The summed E-state index contributed by atoms with van der Waals surface area (Å²) >= 11 is 0. The van der Waals surface area contributed by atoms with Gasteiger partial charge in [-0.25, -0.2) is 4.98 Å². The molecule has 0 amide bonds. The van der Waals surface area contributed by atoms with Crippen LogP contribution >= 0.6 is 0 Å². The van der Waals surface area contributed by atoms with Crippen molar-refractivity contribution in [1.29, 1.82) is 0 Å². The topological polar surface area (TPSA) is 68.0 Å². The summed E-state index contributed by atoms with van der Waals surface area (Å²) < 4.78 is 16.7. The van der Waals surface area contributed by atoms with Gasteiger partial charge in [0.25, 0.3) is 0 Å². The van der Waals surface area contributed by atoms with Gasteiger partial charge in [0.2, 0.25) is 5.89 Å². The zero-order valence-electron chi connectivity index (χ0n) is 15.8. The Morgan fingerprint density at radius 2 is 2.00 bits per heavy atom. The Kier molecular flexibility index (Phi) is 6.16. The van der Waals surface area contributed by atoms with Gasteiger partial charge < -0.3 is 19.0 Å². The highest BCUT2D eigenvalue weighted by Crippen LogP contribution is 2.34. The molecule has 0 unspecified atom stereocenters. The van der Waals surface area contributed by atoms with Gasteiger partial charge in [-0.2, -0.15) is 0 Å². The molecule has 1 N–H and O–H groups in total. The van der Waals surface area contributed by atoms with Crippen molar-refractivity contribution in [2.75, 3.05) is 33.9 Å². The molecule has 0 bridgehead atoms. The fraction of sp³-hybridized carbons (Fsp3) is 0.550.